The average molecular weight is 231 g/mol. The summed E-state index contributed by atoms with van der Waals surface area (Å²) in [6, 6.07) is 8.49. The zero-order valence-electron chi connectivity index (χ0n) is 10.8. The summed E-state index contributed by atoms with van der Waals surface area (Å²) in [6.07, 6.45) is 4.59. The predicted octanol–water partition coefficient (Wildman–Crippen LogP) is 4.60. The predicted molar refractivity (Wildman–Crippen MR) is 73.6 cm³/mol. The van der Waals surface area contributed by atoms with Crippen molar-refractivity contribution in [2.75, 3.05) is 11.9 Å². The van der Waals surface area contributed by atoms with Crippen molar-refractivity contribution in [3.8, 4) is 0 Å². The highest BCUT2D eigenvalue weighted by Crippen LogP contribution is 2.24. The maximum atomic E-state index is 5.80. The lowest BCUT2D eigenvalue weighted by atomic mass is 10.2. The van der Waals surface area contributed by atoms with Crippen LogP contribution in [0.25, 0.3) is 11.0 Å². The van der Waals surface area contributed by atoms with Crippen molar-refractivity contribution in [3.05, 3.63) is 30.0 Å². The maximum Gasteiger partial charge on any atom is 0.134 e. The number of rotatable bonds is 6. The summed E-state index contributed by atoms with van der Waals surface area (Å²) in [5, 5.41) is 4.60. The van der Waals surface area contributed by atoms with Gasteiger partial charge in [-0.05, 0) is 37.1 Å². The minimum Gasteiger partial charge on any atom is -0.461 e. The van der Waals surface area contributed by atoms with Gasteiger partial charge in [0.25, 0.3) is 0 Å². The fraction of sp³-hybridized carbons (Fsp3) is 0.467. The van der Waals surface area contributed by atoms with E-state index >= 15 is 0 Å². The number of fused-ring (bicyclic) bond motifs is 1. The number of aryl methyl sites for hydroxylation is 1. The van der Waals surface area contributed by atoms with Crippen molar-refractivity contribution in [1.29, 1.82) is 0 Å². The third kappa shape index (κ3) is 3.02. The summed E-state index contributed by atoms with van der Waals surface area (Å²) < 4.78 is 5.80. The summed E-state index contributed by atoms with van der Waals surface area (Å²) in [5.74, 6) is 1.11. The van der Waals surface area contributed by atoms with E-state index in [0.29, 0.717) is 0 Å². The second kappa shape index (κ2) is 5.76. The van der Waals surface area contributed by atoms with Crippen molar-refractivity contribution in [2.45, 2.75) is 39.5 Å². The highest BCUT2D eigenvalue weighted by atomic mass is 16.3. The van der Waals surface area contributed by atoms with E-state index in [-0.39, 0.29) is 0 Å². The number of unbranched alkanes of at least 4 members (excludes halogenated alkanes) is 1. The summed E-state index contributed by atoms with van der Waals surface area (Å²) in [6.45, 7) is 5.40. The molecule has 0 aliphatic carbocycles. The highest BCUT2D eigenvalue weighted by molar-refractivity contribution is 5.81. The Morgan fingerprint density at radius 3 is 2.76 bits per heavy atom. The van der Waals surface area contributed by atoms with E-state index in [1.54, 1.807) is 0 Å². The molecule has 1 aromatic heterocycles. The van der Waals surface area contributed by atoms with E-state index in [1.165, 1.54) is 23.9 Å². The van der Waals surface area contributed by atoms with Crippen molar-refractivity contribution < 1.29 is 4.42 Å². The first-order valence-electron chi connectivity index (χ1n) is 6.59. The van der Waals surface area contributed by atoms with E-state index < -0.39 is 0 Å². The zero-order valence-corrected chi connectivity index (χ0v) is 10.8. The third-order valence-corrected chi connectivity index (χ3v) is 2.92. The first-order valence-corrected chi connectivity index (χ1v) is 6.59. The minimum absolute atomic E-state index is 0.998. The molecule has 0 fully saturated rings. The first kappa shape index (κ1) is 12.0. The largest absolute Gasteiger partial charge is 0.461 e. The Bertz CT molecular complexity index is 467. The molecule has 0 radical (unpaired) electrons. The summed E-state index contributed by atoms with van der Waals surface area (Å²) in [7, 11) is 0. The number of hydrogen-bond donors (Lipinski definition) is 1. The molecule has 0 saturated heterocycles. The molecule has 0 spiro atoms. The van der Waals surface area contributed by atoms with Crippen LogP contribution in [0.15, 0.2) is 28.7 Å². The molecule has 2 nitrogen and oxygen atoms in total. The molecule has 0 saturated carbocycles. The lowest BCUT2D eigenvalue weighted by Gasteiger charge is -2.03. The van der Waals surface area contributed by atoms with E-state index in [4.69, 9.17) is 4.42 Å². The molecule has 0 bridgehead atoms. The standard InChI is InChI=1S/C15H21NO/c1-3-5-6-14-11-12-10-13(16-9-4-2)7-8-15(12)17-14/h7-8,10-11,16H,3-6,9H2,1-2H3. The highest BCUT2D eigenvalue weighted by Gasteiger charge is 2.04. The SMILES string of the molecule is CCCCc1cc2cc(NCCC)ccc2o1. The van der Waals surface area contributed by atoms with Crippen molar-refractivity contribution >= 4 is 16.7 Å². The van der Waals surface area contributed by atoms with E-state index in [1.807, 2.05) is 0 Å². The third-order valence-electron chi connectivity index (χ3n) is 2.92. The Hall–Kier alpha value is -1.44. The normalized spacial score (nSPS) is 10.9. The molecule has 0 atom stereocenters. The second-order valence-corrected chi connectivity index (χ2v) is 4.50. The van der Waals surface area contributed by atoms with Crippen LogP contribution >= 0.6 is 0 Å². The van der Waals surface area contributed by atoms with Gasteiger partial charge in [0.05, 0.1) is 0 Å². The van der Waals surface area contributed by atoms with Gasteiger partial charge in [-0.25, -0.2) is 0 Å². The minimum atomic E-state index is 0.998. The fourth-order valence-corrected chi connectivity index (χ4v) is 1.95. The van der Waals surface area contributed by atoms with Crippen LogP contribution < -0.4 is 5.32 Å². The Kier molecular flexibility index (Phi) is 4.08. The zero-order chi connectivity index (χ0) is 12.1. The van der Waals surface area contributed by atoms with Crippen LogP contribution in [0.1, 0.15) is 38.9 Å². The van der Waals surface area contributed by atoms with Gasteiger partial charge in [0.15, 0.2) is 0 Å². The average Bonchev–Trinajstić information content (AvgIpc) is 2.75. The van der Waals surface area contributed by atoms with Gasteiger partial charge >= 0.3 is 0 Å². The molecule has 92 valence electrons. The number of nitrogens with one attached hydrogen (secondary N) is 1. The van der Waals surface area contributed by atoms with Crippen LogP contribution in [0.5, 0.6) is 0 Å². The smallest absolute Gasteiger partial charge is 0.134 e. The summed E-state index contributed by atoms with van der Waals surface area (Å²) in [4.78, 5) is 0. The van der Waals surface area contributed by atoms with Crippen LogP contribution in [-0.2, 0) is 6.42 Å². The van der Waals surface area contributed by atoms with Gasteiger partial charge < -0.3 is 9.73 Å². The quantitative estimate of drug-likeness (QED) is 0.786. The van der Waals surface area contributed by atoms with Crippen molar-refractivity contribution in [2.24, 2.45) is 0 Å². The molecule has 1 heterocycles. The van der Waals surface area contributed by atoms with Gasteiger partial charge in [-0.2, -0.15) is 0 Å². The Morgan fingerprint density at radius 1 is 1.12 bits per heavy atom. The number of hydrogen-bond acceptors (Lipinski definition) is 2. The Labute approximate surface area is 103 Å². The van der Waals surface area contributed by atoms with Crippen LogP contribution in [0, 0.1) is 0 Å². The van der Waals surface area contributed by atoms with Gasteiger partial charge in [-0.1, -0.05) is 20.3 Å². The van der Waals surface area contributed by atoms with Crippen molar-refractivity contribution in [3.63, 3.8) is 0 Å². The molecule has 0 unspecified atom stereocenters. The summed E-state index contributed by atoms with van der Waals surface area (Å²) in [5.41, 5.74) is 2.18. The van der Waals surface area contributed by atoms with Gasteiger partial charge in [0.2, 0.25) is 0 Å². The number of anilines is 1. The first-order chi connectivity index (χ1) is 8.33. The molecule has 1 aromatic carbocycles. The molecule has 1 N–H and O–H groups in total. The Morgan fingerprint density at radius 2 is 2.00 bits per heavy atom. The molecule has 2 rings (SSSR count). The van der Waals surface area contributed by atoms with Crippen LogP contribution in [0.3, 0.4) is 0 Å². The van der Waals surface area contributed by atoms with E-state index in [9.17, 15) is 0 Å². The second-order valence-electron chi connectivity index (χ2n) is 4.50. The van der Waals surface area contributed by atoms with Gasteiger partial charge in [-0.15, -0.1) is 0 Å². The number of furan rings is 1. The molecule has 2 aromatic rings. The van der Waals surface area contributed by atoms with Gasteiger partial charge in [0.1, 0.15) is 11.3 Å². The lowest BCUT2D eigenvalue weighted by molar-refractivity contribution is 0.536. The fourth-order valence-electron chi connectivity index (χ4n) is 1.95. The monoisotopic (exact) mass is 231 g/mol. The van der Waals surface area contributed by atoms with Crippen LogP contribution in [0.2, 0.25) is 0 Å². The molecular weight excluding hydrogens is 210 g/mol. The van der Waals surface area contributed by atoms with E-state index in [0.717, 1.165) is 30.7 Å². The molecule has 2 heteroatoms. The molecule has 0 amide bonds. The van der Waals surface area contributed by atoms with Gasteiger partial charge in [-0.3, -0.25) is 0 Å². The lowest BCUT2D eigenvalue weighted by Crippen LogP contribution is -1.98. The van der Waals surface area contributed by atoms with E-state index in [2.05, 4.69) is 43.4 Å². The molecule has 17 heavy (non-hydrogen) atoms. The molecule has 0 aliphatic heterocycles. The summed E-state index contributed by atoms with van der Waals surface area (Å²) >= 11 is 0. The maximum absolute atomic E-state index is 5.80. The topological polar surface area (TPSA) is 25.2 Å². The van der Waals surface area contributed by atoms with Gasteiger partial charge in [0, 0.05) is 24.0 Å². The molecular formula is C15H21NO. The van der Waals surface area contributed by atoms with Crippen LogP contribution in [0.4, 0.5) is 5.69 Å². The molecule has 0 aliphatic rings. The Balaban J connectivity index is 2.15. The van der Waals surface area contributed by atoms with Crippen molar-refractivity contribution in [1.82, 2.24) is 0 Å². The van der Waals surface area contributed by atoms with Crippen LogP contribution in [-0.4, -0.2) is 6.54 Å². The number of benzene rings is 1.